The summed E-state index contributed by atoms with van der Waals surface area (Å²) in [4.78, 5) is 22.5. The molecule has 9 nitrogen and oxygen atoms in total. The smallest absolute Gasteiger partial charge is 0.303 e. The lowest BCUT2D eigenvalue weighted by atomic mass is 9.85. The molecule has 1 fully saturated rings. The van der Waals surface area contributed by atoms with Gasteiger partial charge in [-0.25, -0.2) is 28.7 Å². The number of nitrogens with one attached hydrogen (secondary N) is 2. The second-order valence-corrected chi connectivity index (χ2v) is 8.93. The third kappa shape index (κ3) is 3.94. The number of alkyl halides is 1. The van der Waals surface area contributed by atoms with E-state index in [2.05, 4.69) is 30.7 Å². The van der Waals surface area contributed by atoms with Crippen molar-refractivity contribution in [1.29, 1.82) is 0 Å². The van der Waals surface area contributed by atoms with Crippen molar-refractivity contribution in [3.05, 3.63) is 47.0 Å². The van der Waals surface area contributed by atoms with Gasteiger partial charge in [0.05, 0.1) is 22.8 Å². The van der Waals surface area contributed by atoms with Gasteiger partial charge >= 0.3 is 6.02 Å². The van der Waals surface area contributed by atoms with Crippen molar-refractivity contribution in [2.75, 3.05) is 12.0 Å². The number of nitrogens with two attached hydrogens (primary N) is 1. The van der Waals surface area contributed by atoms with E-state index in [-0.39, 0.29) is 34.7 Å². The quantitative estimate of drug-likeness (QED) is 0.479. The predicted octanol–water partition coefficient (Wildman–Crippen LogP) is 3.75. The molecule has 1 aliphatic carbocycles. The Kier molecular flexibility index (Phi) is 5.61. The number of halogens is 3. The first kappa shape index (κ1) is 22.5. The molecule has 3 heterocycles. The summed E-state index contributed by atoms with van der Waals surface area (Å²) >= 11 is 6.22. The van der Waals surface area contributed by atoms with Crippen LogP contribution in [0.2, 0.25) is 5.02 Å². The number of ether oxygens (including phenoxy) is 1. The highest BCUT2D eigenvalue weighted by Crippen LogP contribution is 2.52. The predicted molar refractivity (Wildman–Crippen MR) is 123 cm³/mol. The molecule has 3 aromatic rings. The molecule has 3 atom stereocenters. The molecule has 178 valence electrons. The van der Waals surface area contributed by atoms with Crippen molar-refractivity contribution in [1.82, 2.24) is 20.4 Å². The van der Waals surface area contributed by atoms with Gasteiger partial charge in [0.2, 0.25) is 5.88 Å². The number of hydroxylamine groups is 1. The van der Waals surface area contributed by atoms with Gasteiger partial charge in [0.1, 0.15) is 23.5 Å². The first-order valence-electron chi connectivity index (χ1n) is 10.7. The van der Waals surface area contributed by atoms with Crippen LogP contribution in [0.5, 0.6) is 5.88 Å². The number of aliphatic imine (C=N–C) groups is 1. The fourth-order valence-corrected chi connectivity index (χ4v) is 4.40. The monoisotopic (exact) mass is 489 g/mol. The lowest BCUT2D eigenvalue weighted by molar-refractivity contribution is 0.170. The van der Waals surface area contributed by atoms with E-state index in [9.17, 15) is 4.39 Å². The van der Waals surface area contributed by atoms with Crippen LogP contribution >= 0.6 is 11.6 Å². The summed E-state index contributed by atoms with van der Waals surface area (Å²) in [6, 6.07) is 4.07. The van der Waals surface area contributed by atoms with Crippen molar-refractivity contribution >= 4 is 40.2 Å². The minimum atomic E-state index is -1.57. The van der Waals surface area contributed by atoms with E-state index in [1.807, 2.05) is 13.8 Å². The van der Waals surface area contributed by atoms with Crippen LogP contribution in [0.25, 0.3) is 11.0 Å². The third-order valence-electron chi connectivity index (χ3n) is 5.78. The Hall–Kier alpha value is -3.31. The van der Waals surface area contributed by atoms with E-state index in [1.54, 1.807) is 12.3 Å². The number of amidine groups is 1. The Labute approximate surface area is 198 Å². The summed E-state index contributed by atoms with van der Waals surface area (Å²) < 4.78 is 35.4. The van der Waals surface area contributed by atoms with Crippen molar-refractivity contribution in [3.63, 3.8) is 0 Å². The first-order valence-corrected chi connectivity index (χ1v) is 11.1. The van der Waals surface area contributed by atoms with Gasteiger partial charge in [0.25, 0.3) is 0 Å². The van der Waals surface area contributed by atoms with Crippen molar-refractivity contribution in [3.8, 4) is 5.88 Å². The number of benzene rings is 1. The number of hydrogen-bond donors (Lipinski definition) is 3. The van der Waals surface area contributed by atoms with E-state index in [0.717, 1.165) is 0 Å². The zero-order valence-corrected chi connectivity index (χ0v) is 19.1. The summed E-state index contributed by atoms with van der Waals surface area (Å²) in [5.41, 5.74) is 8.28. The minimum Gasteiger partial charge on any atom is -0.474 e. The number of fused-ring (bicyclic) bond motifs is 2. The van der Waals surface area contributed by atoms with Crippen LogP contribution in [0.4, 0.5) is 20.3 Å². The molecule has 2 aromatic heterocycles. The van der Waals surface area contributed by atoms with E-state index in [4.69, 9.17) is 26.9 Å². The van der Waals surface area contributed by atoms with Crippen LogP contribution in [0.3, 0.4) is 0 Å². The van der Waals surface area contributed by atoms with Gasteiger partial charge in [-0.3, -0.25) is 0 Å². The van der Waals surface area contributed by atoms with E-state index < -0.39 is 18.0 Å². The fourth-order valence-electron chi connectivity index (χ4n) is 4.18. The molecule has 0 spiro atoms. The van der Waals surface area contributed by atoms with Crippen LogP contribution in [0.15, 0.2) is 35.6 Å². The van der Waals surface area contributed by atoms with Gasteiger partial charge in [-0.05, 0) is 38.5 Å². The molecule has 12 heteroatoms. The van der Waals surface area contributed by atoms with Crippen LogP contribution < -0.4 is 21.3 Å². The zero-order chi connectivity index (χ0) is 24.0. The highest BCUT2D eigenvalue weighted by molar-refractivity contribution is 6.31. The SMILES string of the molecule is CC(C)Oc1cnc2c(Nc3cc(Cl)c(F)c([C@@]4(CF)N=C(N)ON[C@@H]5C[C@@H]54)c3)nccc2n1. The highest BCUT2D eigenvalue weighted by Gasteiger charge is 2.57. The van der Waals surface area contributed by atoms with Crippen molar-refractivity contribution < 1.29 is 18.4 Å². The van der Waals surface area contributed by atoms with E-state index in [1.165, 1.54) is 18.3 Å². The van der Waals surface area contributed by atoms with E-state index >= 15 is 4.39 Å². The largest absolute Gasteiger partial charge is 0.474 e. The number of pyridine rings is 1. The van der Waals surface area contributed by atoms with Crippen LogP contribution in [0.1, 0.15) is 25.8 Å². The normalized spacial score (nSPS) is 23.6. The summed E-state index contributed by atoms with van der Waals surface area (Å²) in [5, 5.41) is 2.90. The van der Waals surface area contributed by atoms with Gasteiger partial charge in [0.15, 0.2) is 5.82 Å². The molecule has 1 aliphatic heterocycles. The van der Waals surface area contributed by atoms with Gasteiger partial charge < -0.3 is 20.6 Å². The van der Waals surface area contributed by atoms with Crippen LogP contribution in [-0.4, -0.2) is 39.8 Å². The maximum atomic E-state index is 15.2. The maximum Gasteiger partial charge on any atom is 0.303 e. The molecule has 0 radical (unpaired) electrons. The zero-order valence-electron chi connectivity index (χ0n) is 18.3. The molecule has 4 N–H and O–H groups in total. The lowest BCUT2D eigenvalue weighted by Crippen LogP contribution is -2.33. The average Bonchev–Trinajstić information content (AvgIpc) is 3.59. The second-order valence-electron chi connectivity index (χ2n) is 8.52. The Morgan fingerprint density at radius 2 is 2.21 bits per heavy atom. The molecule has 2 aliphatic rings. The summed E-state index contributed by atoms with van der Waals surface area (Å²) in [6.07, 6.45) is 3.55. The van der Waals surface area contributed by atoms with Crippen molar-refractivity contribution in [2.24, 2.45) is 16.6 Å². The standard InChI is InChI=1S/C22H22ClF2N7O2/c1-10(2)33-17-8-28-19-15(30-17)3-4-27-20(19)29-11-5-13(18(25)14(23)6-11)22(9-24)12-7-16(12)32-34-21(26)31-22/h3-6,8,10,12,16,32H,7,9H2,1-2H3,(H2,26,31)(H,27,29)/t12-,16+,22-/m0/s1. The molecule has 0 bridgehead atoms. The Balaban J connectivity index is 1.55. The molecule has 34 heavy (non-hydrogen) atoms. The first-order chi connectivity index (χ1) is 16.3. The maximum absolute atomic E-state index is 15.2. The van der Waals surface area contributed by atoms with E-state index in [0.29, 0.717) is 34.8 Å². The topological polar surface area (TPSA) is 120 Å². The molecular weight excluding hydrogens is 468 g/mol. The molecule has 1 aromatic carbocycles. The Morgan fingerprint density at radius 3 is 2.97 bits per heavy atom. The number of aromatic nitrogens is 3. The second kappa shape index (κ2) is 8.48. The minimum absolute atomic E-state index is 0.0216. The summed E-state index contributed by atoms with van der Waals surface area (Å²) in [6.45, 7) is 2.81. The molecule has 0 unspecified atom stereocenters. The van der Waals surface area contributed by atoms with Gasteiger partial charge in [0, 0.05) is 29.4 Å². The lowest BCUT2D eigenvalue weighted by Gasteiger charge is -2.28. The number of anilines is 2. The number of rotatable bonds is 6. The Bertz CT molecular complexity index is 1290. The number of nitrogens with zero attached hydrogens (tertiary/aromatic N) is 4. The van der Waals surface area contributed by atoms with Gasteiger partial charge in [-0.2, -0.15) is 0 Å². The van der Waals surface area contributed by atoms with Crippen molar-refractivity contribution in [2.45, 2.75) is 38.0 Å². The summed E-state index contributed by atoms with van der Waals surface area (Å²) in [5.74, 6) is -0.368. The highest BCUT2D eigenvalue weighted by atomic mass is 35.5. The van der Waals surface area contributed by atoms with Crippen LogP contribution in [0, 0.1) is 11.7 Å². The fraction of sp³-hybridized carbons (Fsp3) is 0.364. The number of hydrogen-bond acceptors (Lipinski definition) is 9. The van der Waals surface area contributed by atoms with Crippen LogP contribution in [-0.2, 0) is 10.4 Å². The molecule has 5 rings (SSSR count). The Morgan fingerprint density at radius 1 is 1.38 bits per heavy atom. The van der Waals surface area contributed by atoms with Gasteiger partial charge in [-0.1, -0.05) is 11.6 Å². The molecule has 0 amide bonds. The summed E-state index contributed by atoms with van der Waals surface area (Å²) in [7, 11) is 0. The average molecular weight is 490 g/mol. The molecule has 1 saturated carbocycles. The molecular formula is C22H22ClF2N7O2. The molecule has 0 saturated heterocycles. The third-order valence-corrected chi connectivity index (χ3v) is 6.06. The van der Waals surface area contributed by atoms with Gasteiger partial charge in [-0.15, -0.1) is 5.48 Å².